The van der Waals surface area contributed by atoms with E-state index in [-0.39, 0.29) is 0 Å². The Morgan fingerprint density at radius 2 is 0.873 bits per heavy atom. The van der Waals surface area contributed by atoms with Crippen LogP contribution >= 0.6 is 0 Å². The summed E-state index contributed by atoms with van der Waals surface area (Å²) in [5.41, 5.74) is 10.9. The number of nitrogens with zero attached hydrogens (tertiary/aromatic N) is 3. The number of para-hydroxylation sites is 2. The Hall–Kier alpha value is -7.36. The molecule has 0 aliphatic carbocycles. The molecule has 0 fully saturated rings. The molecule has 0 saturated heterocycles. The van der Waals surface area contributed by atoms with E-state index in [2.05, 4.69) is 205 Å². The molecule has 0 N–H and O–H groups in total. The second-order valence-electron chi connectivity index (χ2n) is 14.2. The lowest BCUT2D eigenvalue weighted by molar-refractivity contribution is 1.19. The number of rotatable bonds is 5. The van der Waals surface area contributed by atoms with E-state index in [1.54, 1.807) is 0 Å². The number of hydrogen-bond donors (Lipinski definition) is 0. The van der Waals surface area contributed by atoms with E-state index in [0.717, 1.165) is 33.6 Å². The van der Waals surface area contributed by atoms with Crippen LogP contribution in [-0.4, -0.2) is 14.5 Å². The maximum atomic E-state index is 5.24. The zero-order valence-corrected chi connectivity index (χ0v) is 29.9. The summed E-state index contributed by atoms with van der Waals surface area (Å²) in [4.78, 5) is 10.5. The monoisotopic (exact) mass is 699 g/mol. The van der Waals surface area contributed by atoms with Crippen molar-refractivity contribution in [2.75, 3.05) is 0 Å². The fraction of sp³-hybridized carbons (Fsp3) is 0. The van der Waals surface area contributed by atoms with Crippen LogP contribution in [0.1, 0.15) is 0 Å². The summed E-state index contributed by atoms with van der Waals surface area (Å²) in [6.45, 7) is 0. The average Bonchev–Trinajstić information content (AvgIpc) is 3.59. The van der Waals surface area contributed by atoms with Crippen molar-refractivity contribution in [3.8, 4) is 50.7 Å². The summed E-state index contributed by atoms with van der Waals surface area (Å²) >= 11 is 0. The van der Waals surface area contributed by atoms with Crippen molar-refractivity contribution >= 4 is 54.1 Å². The van der Waals surface area contributed by atoms with Gasteiger partial charge < -0.3 is 4.57 Å². The van der Waals surface area contributed by atoms with E-state index in [0.29, 0.717) is 5.82 Å². The first kappa shape index (κ1) is 31.2. The van der Waals surface area contributed by atoms with Crippen molar-refractivity contribution in [3.05, 3.63) is 200 Å². The maximum Gasteiger partial charge on any atom is 0.160 e. The summed E-state index contributed by atoms with van der Waals surface area (Å²) in [6, 6.07) is 71.5. The number of fused-ring (bicyclic) bond motifs is 6. The Morgan fingerprint density at radius 3 is 1.64 bits per heavy atom. The Morgan fingerprint density at radius 1 is 0.309 bits per heavy atom. The van der Waals surface area contributed by atoms with Crippen LogP contribution in [0.5, 0.6) is 0 Å². The summed E-state index contributed by atoms with van der Waals surface area (Å²) < 4.78 is 2.41. The summed E-state index contributed by atoms with van der Waals surface area (Å²) in [5, 5.41) is 9.70. The molecule has 2 aromatic heterocycles. The van der Waals surface area contributed by atoms with Gasteiger partial charge in [-0.1, -0.05) is 170 Å². The Balaban J connectivity index is 1.04. The van der Waals surface area contributed by atoms with Crippen molar-refractivity contribution in [2.24, 2.45) is 0 Å². The minimum Gasteiger partial charge on any atom is -0.309 e. The van der Waals surface area contributed by atoms with E-state index >= 15 is 0 Å². The number of aromatic nitrogens is 3. The van der Waals surface area contributed by atoms with Crippen LogP contribution in [0.15, 0.2) is 200 Å². The van der Waals surface area contributed by atoms with Crippen LogP contribution < -0.4 is 0 Å². The quantitative estimate of drug-likeness (QED) is 0.179. The van der Waals surface area contributed by atoms with Crippen LogP contribution in [0.2, 0.25) is 0 Å². The maximum absolute atomic E-state index is 5.24. The average molecular weight is 700 g/mol. The molecule has 0 bridgehead atoms. The van der Waals surface area contributed by atoms with Gasteiger partial charge in [-0.15, -0.1) is 0 Å². The third kappa shape index (κ3) is 5.20. The molecular formula is C52H33N3. The van der Waals surface area contributed by atoms with Crippen LogP contribution in [0, 0.1) is 0 Å². The van der Waals surface area contributed by atoms with Crippen LogP contribution in [0.4, 0.5) is 0 Å². The van der Waals surface area contributed by atoms with Gasteiger partial charge in [0.05, 0.1) is 28.1 Å². The van der Waals surface area contributed by atoms with E-state index in [9.17, 15) is 0 Å². The molecule has 0 radical (unpaired) electrons. The molecule has 9 aromatic carbocycles. The van der Waals surface area contributed by atoms with Crippen LogP contribution in [0.3, 0.4) is 0 Å². The Labute approximate surface area is 318 Å². The first-order valence-electron chi connectivity index (χ1n) is 18.7. The van der Waals surface area contributed by atoms with Gasteiger partial charge in [0.2, 0.25) is 0 Å². The van der Waals surface area contributed by atoms with Crippen molar-refractivity contribution in [1.29, 1.82) is 0 Å². The van der Waals surface area contributed by atoms with Gasteiger partial charge in [-0.3, -0.25) is 0 Å². The topological polar surface area (TPSA) is 30.7 Å². The second kappa shape index (κ2) is 12.6. The highest BCUT2D eigenvalue weighted by Gasteiger charge is 2.17. The molecule has 11 rings (SSSR count). The first-order valence-corrected chi connectivity index (χ1v) is 18.7. The molecule has 0 saturated carbocycles. The van der Waals surface area contributed by atoms with Gasteiger partial charge in [-0.25, -0.2) is 9.97 Å². The van der Waals surface area contributed by atoms with Crippen molar-refractivity contribution in [3.63, 3.8) is 0 Å². The highest BCUT2D eigenvalue weighted by molar-refractivity contribution is 6.11. The molecule has 3 heteroatoms. The smallest absolute Gasteiger partial charge is 0.160 e. The minimum absolute atomic E-state index is 0.701. The van der Waals surface area contributed by atoms with Crippen molar-refractivity contribution in [1.82, 2.24) is 14.5 Å². The molecule has 0 amide bonds. The predicted octanol–water partition coefficient (Wildman–Crippen LogP) is 13.7. The van der Waals surface area contributed by atoms with E-state index in [1.807, 2.05) is 0 Å². The highest BCUT2D eigenvalue weighted by Crippen LogP contribution is 2.39. The van der Waals surface area contributed by atoms with Crippen LogP contribution in [0.25, 0.3) is 105 Å². The van der Waals surface area contributed by atoms with E-state index < -0.39 is 0 Å². The van der Waals surface area contributed by atoms with Gasteiger partial charge in [0.15, 0.2) is 5.82 Å². The highest BCUT2D eigenvalue weighted by atomic mass is 15.0. The molecule has 3 nitrogen and oxygen atoms in total. The third-order valence-corrected chi connectivity index (χ3v) is 11.0. The summed E-state index contributed by atoms with van der Waals surface area (Å²) in [5.74, 6) is 0.701. The van der Waals surface area contributed by atoms with Crippen LogP contribution in [-0.2, 0) is 0 Å². The lowest BCUT2D eigenvalue weighted by atomic mass is 9.96. The van der Waals surface area contributed by atoms with E-state index in [4.69, 9.17) is 9.97 Å². The molecule has 0 spiro atoms. The van der Waals surface area contributed by atoms with Gasteiger partial charge in [0.25, 0.3) is 0 Å². The fourth-order valence-electron chi connectivity index (χ4n) is 8.37. The van der Waals surface area contributed by atoms with Gasteiger partial charge >= 0.3 is 0 Å². The molecule has 0 unspecified atom stereocenters. The van der Waals surface area contributed by atoms with Gasteiger partial charge in [0, 0.05) is 32.8 Å². The Kier molecular flexibility index (Phi) is 7.17. The second-order valence-corrected chi connectivity index (χ2v) is 14.2. The molecule has 0 aliphatic heterocycles. The molecule has 2 heterocycles. The molecule has 0 atom stereocenters. The molecule has 55 heavy (non-hydrogen) atoms. The molecule has 256 valence electrons. The lowest BCUT2D eigenvalue weighted by Crippen LogP contribution is -1.97. The third-order valence-electron chi connectivity index (χ3n) is 11.0. The number of benzene rings is 9. The predicted molar refractivity (Wildman–Crippen MR) is 231 cm³/mol. The van der Waals surface area contributed by atoms with Gasteiger partial charge in [-0.05, 0) is 68.4 Å². The lowest BCUT2D eigenvalue weighted by Gasteiger charge is -2.15. The zero-order valence-electron chi connectivity index (χ0n) is 29.9. The van der Waals surface area contributed by atoms with Crippen molar-refractivity contribution < 1.29 is 0 Å². The zero-order chi connectivity index (χ0) is 36.3. The summed E-state index contributed by atoms with van der Waals surface area (Å²) in [7, 11) is 0. The van der Waals surface area contributed by atoms with Gasteiger partial charge in [-0.2, -0.15) is 0 Å². The molecule has 0 aliphatic rings. The fourth-order valence-corrected chi connectivity index (χ4v) is 8.37. The summed E-state index contributed by atoms with van der Waals surface area (Å²) in [6.07, 6.45) is 0. The SMILES string of the molecule is c1ccc2cc(-c3cc(-c4cccc5ccccc45)nc(-c4ccc(-c5ccc(-n6c7ccccc7c7ccccc76)c6ccccc56)cc4)n3)ccc2c1. The number of hydrogen-bond acceptors (Lipinski definition) is 2. The Bertz CT molecular complexity index is 3200. The first-order chi connectivity index (χ1) is 27.3. The molecule has 11 aromatic rings. The van der Waals surface area contributed by atoms with E-state index in [1.165, 1.54) is 65.4 Å². The largest absolute Gasteiger partial charge is 0.309 e. The minimum atomic E-state index is 0.701. The van der Waals surface area contributed by atoms with Crippen molar-refractivity contribution in [2.45, 2.75) is 0 Å². The van der Waals surface area contributed by atoms with Gasteiger partial charge in [0.1, 0.15) is 0 Å². The standard InChI is InChI=1S/C52H33N3/c1-2-14-38-32-39(29-24-34(38)12-1)47-33-48(43-21-11-15-35-13-3-4-16-40(35)43)54-52(53-47)37-27-25-36(26-28-37)41-30-31-51(44-18-6-5-17-42(41)44)55-49-22-9-7-19-45(49)46-20-8-10-23-50(46)55/h1-33H. The molecular weight excluding hydrogens is 667 g/mol. The normalized spacial score (nSPS) is 11.6.